The van der Waals surface area contributed by atoms with Gasteiger partial charge in [-0.2, -0.15) is 12.6 Å². The van der Waals surface area contributed by atoms with E-state index in [-0.39, 0.29) is 0 Å². The average Bonchev–Trinajstić information content (AvgIpc) is 1.97. The van der Waals surface area contributed by atoms with Crippen LogP contribution in [-0.2, 0) is 0 Å². The van der Waals surface area contributed by atoms with Crippen molar-refractivity contribution in [3.8, 4) is 0 Å². The van der Waals surface area contributed by atoms with E-state index in [9.17, 15) is 0 Å². The van der Waals surface area contributed by atoms with E-state index >= 15 is 0 Å². The molecule has 0 bridgehead atoms. The van der Waals surface area contributed by atoms with Crippen LogP contribution in [0.2, 0.25) is 0 Å². The zero-order valence-corrected chi connectivity index (χ0v) is 6.66. The molecule has 2 heteroatoms. The topological polar surface area (TPSA) is 0 Å². The highest BCUT2D eigenvalue weighted by molar-refractivity contribution is 7.81. The van der Waals surface area contributed by atoms with Gasteiger partial charge in [0.2, 0.25) is 0 Å². The van der Waals surface area contributed by atoms with Crippen LogP contribution in [0.1, 0.15) is 6.42 Å². The zero-order valence-electron chi connectivity index (χ0n) is 4.95. The van der Waals surface area contributed by atoms with Crippen LogP contribution in [0.15, 0.2) is 24.3 Å². The molecule has 1 aliphatic rings. The average molecular weight is 156 g/mol. The lowest BCUT2D eigenvalue weighted by Crippen LogP contribution is -1.87. The van der Waals surface area contributed by atoms with Crippen LogP contribution in [0, 0.1) is 0 Å². The van der Waals surface area contributed by atoms with E-state index in [4.69, 9.17) is 12.2 Å². The van der Waals surface area contributed by atoms with Crippen LogP contribution in [0.5, 0.6) is 0 Å². The molecule has 0 saturated carbocycles. The summed E-state index contributed by atoms with van der Waals surface area (Å²) in [6.07, 6.45) is 8.93. The van der Waals surface area contributed by atoms with Crippen LogP contribution in [0.3, 0.4) is 0 Å². The predicted octanol–water partition coefficient (Wildman–Crippen LogP) is 2.17. The molecule has 1 atom stereocenters. The maximum Gasteiger partial charge on any atom is 0.0371 e. The summed E-state index contributed by atoms with van der Waals surface area (Å²) in [6, 6.07) is 0. The first-order valence-electron chi connectivity index (χ1n) is 2.86. The van der Waals surface area contributed by atoms with Crippen molar-refractivity contribution in [1.82, 2.24) is 0 Å². The molecule has 0 heterocycles. The molecule has 0 spiro atoms. The van der Waals surface area contributed by atoms with Crippen molar-refractivity contribution in [3.63, 3.8) is 0 Å². The van der Waals surface area contributed by atoms with Gasteiger partial charge >= 0.3 is 0 Å². The second kappa shape index (κ2) is 3.18. The lowest BCUT2D eigenvalue weighted by Gasteiger charge is -1.94. The van der Waals surface area contributed by atoms with Crippen molar-refractivity contribution < 1.29 is 0 Å². The second-order valence-corrected chi connectivity index (χ2v) is 3.10. The van der Waals surface area contributed by atoms with Crippen molar-refractivity contribution in [2.24, 2.45) is 0 Å². The summed E-state index contributed by atoms with van der Waals surface area (Å²) in [5, 5.41) is 0.349. The summed E-state index contributed by atoms with van der Waals surface area (Å²) in [7, 11) is 0. The van der Waals surface area contributed by atoms with Gasteiger partial charge in [-0.25, -0.2) is 0 Å². The zero-order chi connectivity index (χ0) is 6.69. The number of thiocarbonyl (C=S) groups is 1. The van der Waals surface area contributed by atoms with Crippen LogP contribution in [0.4, 0.5) is 0 Å². The lowest BCUT2D eigenvalue weighted by molar-refractivity contribution is 1.09. The molecule has 0 radical (unpaired) electrons. The molecule has 1 rings (SSSR count). The Balaban J connectivity index is 2.69. The van der Waals surface area contributed by atoms with E-state index in [1.165, 1.54) is 0 Å². The van der Waals surface area contributed by atoms with E-state index in [1.807, 2.05) is 18.2 Å². The van der Waals surface area contributed by atoms with Crippen LogP contribution >= 0.6 is 24.8 Å². The van der Waals surface area contributed by atoms with Gasteiger partial charge < -0.3 is 0 Å². The molecule has 0 aliphatic heterocycles. The van der Waals surface area contributed by atoms with Crippen molar-refractivity contribution in [1.29, 1.82) is 0 Å². The molecule has 0 saturated heterocycles. The SMILES string of the molecule is S=C1C=CCC(S)C=C1. The van der Waals surface area contributed by atoms with Gasteiger partial charge in [0.1, 0.15) is 0 Å². The van der Waals surface area contributed by atoms with Crippen molar-refractivity contribution in [2.45, 2.75) is 11.7 Å². The Bertz CT molecular complexity index is 168. The fraction of sp³-hybridized carbons (Fsp3) is 0.286. The number of rotatable bonds is 0. The van der Waals surface area contributed by atoms with Crippen molar-refractivity contribution in [3.05, 3.63) is 24.3 Å². The van der Waals surface area contributed by atoms with E-state index in [2.05, 4.69) is 18.7 Å². The molecule has 1 unspecified atom stereocenters. The van der Waals surface area contributed by atoms with Crippen LogP contribution in [0.25, 0.3) is 0 Å². The monoisotopic (exact) mass is 156 g/mol. The van der Waals surface area contributed by atoms with Gasteiger partial charge in [0.05, 0.1) is 0 Å². The molecule has 1 aliphatic carbocycles. The number of hydrogen-bond acceptors (Lipinski definition) is 2. The lowest BCUT2D eigenvalue weighted by atomic mass is 10.3. The van der Waals surface area contributed by atoms with E-state index in [1.54, 1.807) is 0 Å². The third-order valence-corrected chi connectivity index (χ3v) is 1.80. The summed E-state index contributed by atoms with van der Waals surface area (Å²) in [4.78, 5) is 0.895. The Hall–Kier alpha value is -0.0800. The fourth-order valence-corrected chi connectivity index (χ4v) is 1.05. The fourth-order valence-electron chi connectivity index (χ4n) is 0.664. The minimum Gasteiger partial charge on any atom is -0.171 e. The largest absolute Gasteiger partial charge is 0.171 e. The summed E-state index contributed by atoms with van der Waals surface area (Å²) in [6.45, 7) is 0. The Morgan fingerprint density at radius 1 is 1.56 bits per heavy atom. The highest BCUT2D eigenvalue weighted by atomic mass is 32.1. The number of allylic oxidation sites excluding steroid dienone is 3. The summed E-state index contributed by atoms with van der Waals surface area (Å²) in [5.41, 5.74) is 0. The summed E-state index contributed by atoms with van der Waals surface area (Å²) in [5.74, 6) is 0. The van der Waals surface area contributed by atoms with Gasteiger partial charge in [-0.15, -0.1) is 0 Å². The first-order valence-corrected chi connectivity index (χ1v) is 3.78. The molecule has 0 aromatic rings. The van der Waals surface area contributed by atoms with Crippen molar-refractivity contribution >= 4 is 29.7 Å². The second-order valence-electron chi connectivity index (χ2n) is 1.97. The molecule has 0 aromatic carbocycles. The maximum absolute atomic E-state index is 4.94. The molecule has 9 heavy (non-hydrogen) atoms. The van der Waals surface area contributed by atoms with Gasteiger partial charge in [0, 0.05) is 10.1 Å². The quantitative estimate of drug-likeness (QED) is 0.414. The van der Waals surface area contributed by atoms with Gasteiger partial charge in [-0.3, -0.25) is 0 Å². The van der Waals surface area contributed by atoms with Gasteiger partial charge in [-0.05, 0) is 18.6 Å². The normalized spacial score (nSPS) is 26.3. The minimum absolute atomic E-state index is 0.349. The Kier molecular flexibility index (Phi) is 2.49. The Morgan fingerprint density at radius 2 is 2.33 bits per heavy atom. The first-order chi connectivity index (χ1) is 4.29. The molecule has 0 N–H and O–H groups in total. The Labute approximate surface area is 66.1 Å². The van der Waals surface area contributed by atoms with E-state index in [0.717, 1.165) is 11.3 Å². The molecule has 48 valence electrons. The Morgan fingerprint density at radius 3 is 3.11 bits per heavy atom. The van der Waals surface area contributed by atoms with E-state index in [0.29, 0.717) is 5.25 Å². The molecule has 0 nitrogen and oxygen atoms in total. The van der Waals surface area contributed by atoms with Gasteiger partial charge in [-0.1, -0.05) is 24.4 Å². The molecular formula is C7H8S2. The van der Waals surface area contributed by atoms with Crippen LogP contribution < -0.4 is 0 Å². The van der Waals surface area contributed by atoms with Gasteiger partial charge in [0.25, 0.3) is 0 Å². The van der Waals surface area contributed by atoms with Crippen LogP contribution in [-0.4, -0.2) is 10.1 Å². The molecule has 0 aromatic heterocycles. The smallest absolute Gasteiger partial charge is 0.0371 e. The molecular weight excluding hydrogens is 148 g/mol. The molecule has 0 fully saturated rings. The third-order valence-electron chi connectivity index (χ3n) is 1.14. The third kappa shape index (κ3) is 2.33. The van der Waals surface area contributed by atoms with Gasteiger partial charge in [0.15, 0.2) is 0 Å². The standard InChI is InChI=1S/C7H8S2/c8-6-2-1-3-7(9)5-4-6/h1-2,4-5,7,9H,3H2. The maximum atomic E-state index is 4.94. The predicted molar refractivity (Wildman–Crippen MR) is 48.3 cm³/mol. The van der Waals surface area contributed by atoms with Crippen molar-refractivity contribution in [2.75, 3.05) is 0 Å². The highest BCUT2D eigenvalue weighted by Crippen LogP contribution is 2.07. The van der Waals surface area contributed by atoms with E-state index < -0.39 is 0 Å². The highest BCUT2D eigenvalue weighted by Gasteiger charge is 1.97. The number of hydrogen-bond donors (Lipinski definition) is 1. The number of thiol groups is 1. The first kappa shape index (κ1) is 7.03. The molecule has 0 amide bonds. The summed E-state index contributed by atoms with van der Waals surface area (Å²) < 4.78 is 0. The summed E-state index contributed by atoms with van der Waals surface area (Å²) >= 11 is 9.21. The minimum atomic E-state index is 0.349.